The average Bonchev–Trinajstić information content (AvgIpc) is 2.68. The van der Waals surface area contributed by atoms with E-state index in [-0.39, 0.29) is 10.7 Å². The molecule has 17 heavy (non-hydrogen) atoms. The maximum Gasteiger partial charge on any atom is 0.246 e. The van der Waals surface area contributed by atoms with Gasteiger partial charge in [0.05, 0.1) is 12.3 Å². The smallest absolute Gasteiger partial charge is 0.246 e. The van der Waals surface area contributed by atoms with Crippen LogP contribution in [0.5, 0.6) is 0 Å². The fourth-order valence-corrected chi connectivity index (χ4v) is 3.34. The van der Waals surface area contributed by atoms with E-state index in [1.54, 1.807) is 0 Å². The van der Waals surface area contributed by atoms with E-state index in [0.717, 1.165) is 19.0 Å². The van der Waals surface area contributed by atoms with E-state index in [1.807, 2.05) is 0 Å². The van der Waals surface area contributed by atoms with Crippen LogP contribution in [0, 0.1) is 0 Å². The van der Waals surface area contributed by atoms with Crippen LogP contribution in [0.4, 0.5) is 5.82 Å². The second kappa shape index (κ2) is 4.63. The normalized spacial score (nSPS) is 25.9. The van der Waals surface area contributed by atoms with Gasteiger partial charge in [-0.25, -0.2) is 13.1 Å². The molecular weight excluding hydrogens is 244 g/mol. The van der Waals surface area contributed by atoms with E-state index in [4.69, 9.17) is 5.73 Å². The number of nitrogen functional groups attached to an aromatic ring is 1. The van der Waals surface area contributed by atoms with Gasteiger partial charge in [-0.05, 0) is 12.8 Å². The number of aromatic nitrogens is 2. The molecule has 0 spiro atoms. The molecule has 0 amide bonds. The Hall–Kier alpha value is -1.12. The molecular formula is C9H16N4O3S. The molecule has 96 valence electrons. The molecule has 0 bridgehead atoms. The van der Waals surface area contributed by atoms with Gasteiger partial charge in [0.15, 0.2) is 0 Å². The van der Waals surface area contributed by atoms with Crippen molar-refractivity contribution in [3.63, 3.8) is 0 Å². The van der Waals surface area contributed by atoms with Crippen molar-refractivity contribution < 1.29 is 13.5 Å². The van der Waals surface area contributed by atoms with Crippen molar-refractivity contribution in [3.05, 3.63) is 6.20 Å². The third-order valence-electron chi connectivity index (χ3n) is 2.96. The topological polar surface area (TPSA) is 121 Å². The highest BCUT2D eigenvalue weighted by Crippen LogP contribution is 2.21. The maximum atomic E-state index is 12.0. The Morgan fingerprint density at radius 3 is 2.76 bits per heavy atom. The monoisotopic (exact) mass is 260 g/mol. The summed E-state index contributed by atoms with van der Waals surface area (Å²) in [5.41, 5.74) is 5.47. The van der Waals surface area contributed by atoms with Crippen molar-refractivity contribution in [2.75, 3.05) is 5.73 Å². The summed E-state index contributed by atoms with van der Waals surface area (Å²) in [5, 5.41) is 15.7. The molecule has 1 heterocycles. The van der Waals surface area contributed by atoms with Gasteiger partial charge >= 0.3 is 0 Å². The Morgan fingerprint density at radius 2 is 2.18 bits per heavy atom. The van der Waals surface area contributed by atoms with Gasteiger partial charge in [-0.3, -0.25) is 5.10 Å². The van der Waals surface area contributed by atoms with E-state index in [0.29, 0.717) is 12.8 Å². The van der Waals surface area contributed by atoms with Gasteiger partial charge < -0.3 is 10.8 Å². The third-order valence-corrected chi connectivity index (χ3v) is 4.48. The zero-order valence-electron chi connectivity index (χ0n) is 9.26. The fourth-order valence-electron chi connectivity index (χ4n) is 2.01. The predicted molar refractivity (Wildman–Crippen MR) is 61.6 cm³/mol. The number of anilines is 1. The molecule has 5 N–H and O–H groups in total. The van der Waals surface area contributed by atoms with E-state index in [2.05, 4.69) is 14.9 Å². The quantitative estimate of drug-likeness (QED) is 0.588. The van der Waals surface area contributed by atoms with Crippen LogP contribution in [0.2, 0.25) is 0 Å². The Morgan fingerprint density at radius 1 is 1.47 bits per heavy atom. The SMILES string of the molecule is Nc1[nH]ncc1S(=O)(=O)N[C@H]1CCCC[C@@H]1O. The maximum absolute atomic E-state index is 12.0. The standard InChI is InChI=1S/C9H16N4O3S/c10-9-8(5-11-12-9)17(15,16)13-6-3-1-2-4-7(6)14/h5-7,13-14H,1-4H2,(H3,10,11,12)/t6-,7-/m0/s1. The number of nitrogens with one attached hydrogen (secondary N) is 2. The lowest BCUT2D eigenvalue weighted by Crippen LogP contribution is -2.45. The number of aromatic amines is 1. The molecule has 2 rings (SSSR count). The summed E-state index contributed by atoms with van der Waals surface area (Å²) in [7, 11) is -3.71. The van der Waals surface area contributed by atoms with Crippen LogP contribution in [0.15, 0.2) is 11.1 Å². The minimum Gasteiger partial charge on any atom is -0.391 e. The number of aliphatic hydroxyl groups excluding tert-OH is 1. The van der Waals surface area contributed by atoms with Crippen LogP contribution in [0.25, 0.3) is 0 Å². The summed E-state index contributed by atoms with van der Waals surface area (Å²) >= 11 is 0. The summed E-state index contributed by atoms with van der Waals surface area (Å²) in [4.78, 5) is -0.0738. The van der Waals surface area contributed by atoms with Crippen molar-refractivity contribution in [1.82, 2.24) is 14.9 Å². The molecule has 1 fully saturated rings. The van der Waals surface area contributed by atoms with E-state index in [1.165, 1.54) is 0 Å². The molecule has 0 saturated heterocycles. The lowest BCUT2D eigenvalue weighted by Gasteiger charge is -2.27. The molecule has 1 aromatic rings. The summed E-state index contributed by atoms with van der Waals surface area (Å²) in [5.74, 6) is 0.00259. The highest BCUT2D eigenvalue weighted by atomic mass is 32.2. The van der Waals surface area contributed by atoms with Crippen LogP contribution in [-0.2, 0) is 10.0 Å². The van der Waals surface area contributed by atoms with Gasteiger partial charge in [0.1, 0.15) is 10.7 Å². The van der Waals surface area contributed by atoms with Gasteiger partial charge in [0.2, 0.25) is 10.0 Å². The first-order valence-corrected chi connectivity index (χ1v) is 6.98. The molecule has 1 aliphatic carbocycles. The first-order chi connectivity index (χ1) is 8.00. The first-order valence-electron chi connectivity index (χ1n) is 5.50. The fraction of sp³-hybridized carbons (Fsp3) is 0.667. The van der Waals surface area contributed by atoms with Gasteiger partial charge in [0.25, 0.3) is 0 Å². The van der Waals surface area contributed by atoms with Crippen molar-refractivity contribution >= 4 is 15.8 Å². The Balaban J connectivity index is 2.15. The number of nitrogens with zero attached hydrogens (tertiary/aromatic N) is 1. The predicted octanol–water partition coefficient (Wildman–Crippen LogP) is -0.426. The number of hydrogen-bond donors (Lipinski definition) is 4. The van der Waals surface area contributed by atoms with Crippen LogP contribution < -0.4 is 10.5 Å². The van der Waals surface area contributed by atoms with Crippen molar-refractivity contribution in [1.29, 1.82) is 0 Å². The molecule has 2 atom stereocenters. The van der Waals surface area contributed by atoms with Crippen LogP contribution in [0.3, 0.4) is 0 Å². The van der Waals surface area contributed by atoms with E-state index in [9.17, 15) is 13.5 Å². The average molecular weight is 260 g/mol. The zero-order valence-corrected chi connectivity index (χ0v) is 10.1. The van der Waals surface area contributed by atoms with Crippen LogP contribution in [-0.4, -0.2) is 35.9 Å². The highest BCUT2D eigenvalue weighted by Gasteiger charge is 2.29. The number of sulfonamides is 1. The van der Waals surface area contributed by atoms with Crippen LogP contribution in [0.1, 0.15) is 25.7 Å². The minimum absolute atomic E-state index is 0.00259. The molecule has 0 aliphatic heterocycles. The summed E-state index contributed by atoms with van der Waals surface area (Å²) in [6.45, 7) is 0. The first kappa shape index (κ1) is 12.3. The largest absolute Gasteiger partial charge is 0.391 e. The zero-order chi connectivity index (χ0) is 12.5. The number of H-pyrrole nitrogens is 1. The Bertz CT molecular complexity index is 484. The summed E-state index contributed by atoms with van der Waals surface area (Å²) in [6.07, 6.45) is 3.61. The van der Waals surface area contributed by atoms with Crippen molar-refractivity contribution in [2.24, 2.45) is 0 Å². The number of hydrogen-bond acceptors (Lipinski definition) is 5. The Kier molecular flexibility index (Phi) is 3.36. The number of aliphatic hydroxyl groups is 1. The highest BCUT2D eigenvalue weighted by molar-refractivity contribution is 7.89. The number of rotatable bonds is 3. The third kappa shape index (κ3) is 2.59. The summed E-state index contributed by atoms with van der Waals surface area (Å²) in [6, 6.07) is -0.442. The molecule has 8 heteroatoms. The molecule has 0 radical (unpaired) electrons. The van der Waals surface area contributed by atoms with E-state index >= 15 is 0 Å². The van der Waals surface area contributed by atoms with Crippen molar-refractivity contribution in [2.45, 2.75) is 42.7 Å². The summed E-state index contributed by atoms with van der Waals surface area (Å²) < 4.78 is 26.4. The minimum atomic E-state index is -3.71. The lowest BCUT2D eigenvalue weighted by molar-refractivity contribution is 0.101. The lowest BCUT2D eigenvalue weighted by atomic mass is 9.93. The number of nitrogens with two attached hydrogens (primary N) is 1. The second-order valence-electron chi connectivity index (χ2n) is 4.23. The molecule has 1 aliphatic rings. The Labute approximate surface area is 99.5 Å². The molecule has 0 aromatic carbocycles. The molecule has 1 saturated carbocycles. The van der Waals surface area contributed by atoms with Gasteiger partial charge in [-0.2, -0.15) is 5.10 Å². The van der Waals surface area contributed by atoms with Gasteiger partial charge in [0, 0.05) is 6.04 Å². The van der Waals surface area contributed by atoms with Crippen LogP contribution >= 0.6 is 0 Å². The second-order valence-corrected chi connectivity index (χ2v) is 5.91. The molecule has 0 unspecified atom stereocenters. The molecule has 7 nitrogen and oxygen atoms in total. The van der Waals surface area contributed by atoms with Gasteiger partial charge in [-0.1, -0.05) is 12.8 Å². The van der Waals surface area contributed by atoms with Gasteiger partial charge in [-0.15, -0.1) is 0 Å². The van der Waals surface area contributed by atoms with E-state index < -0.39 is 22.2 Å². The van der Waals surface area contributed by atoms with Crippen molar-refractivity contribution in [3.8, 4) is 0 Å². The molecule has 1 aromatic heterocycles.